The molecule has 0 saturated heterocycles. The fourth-order valence-electron chi connectivity index (χ4n) is 6.52. The quantitative estimate of drug-likeness (QED) is 0.248. The Hall–Kier alpha value is -4.20. The highest BCUT2D eigenvalue weighted by Gasteiger charge is 2.28. The number of aromatic hydroxyl groups is 2. The van der Waals surface area contributed by atoms with Crippen LogP contribution in [0.3, 0.4) is 0 Å². The minimum atomic E-state index is 0.114. The van der Waals surface area contributed by atoms with Gasteiger partial charge < -0.3 is 24.4 Å². The molecule has 0 aromatic heterocycles. The predicted octanol–water partition coefficient (Wildman–Crippen LogP) is 6.45. The Balaban J connectivity index is 1.25. The number of phenols is 2. The summed E-state index contributed by atoms with van der Waals surface area (Å²) in [4.78, 5) is 4.75. The van der Waals surface area contributed by atoms with Crippen molar-refractivity contribution in [3.05, 3.63) is 106 Å². The molecule has 0 aliphatic carbocycles. The first-order valence-corrected chi connectivity index (χ1v) is 14.9. The predicted molar refractivity (Wildman–Crippen MR) is 168 cm³/mol. The molecule has 7 heteroatoms. The standard InChI is InChI=1S/C36H40N2O5/c1-37-15-13-25-8-11-28(21-29(25)31(37)17-23-5-9-27(39)10-6-23)43-34-19-24(7-12-33(34)40)18-32-30-22-36(42-4)35(41-3)20-26(30)14-16-38(32)2/h5-12,19-22,31-32,39-40H,13-18H2,1-4H3/t31-,32-/m1/s1. The number of hydrogen-bond acceptors (Lipinski definition) is 7. The average Bonchev–Trinajstić information content (AvgIpc) is 3.02. The lowest BCUT2D eigenvalue weighted by atomic mass is 9.88. The number of nitrogens with zero attached hydrogens (tertiary/aromatic N) is 2. The van der Waals surface area contributed by atoms with Crippen molar-refractivity contribution in [1.29, 1.82) is 0 Å². The molecular weight excluding hydrogens is 540 g/mol. The van der Waals surface area contributed by atoms with Crippen LogP contribution >= 0.6 is 0 Å². The van der Waals surface area contributed by atoms with Gasteiger partial charge in [0.15, 0.2) is 23.0 Å². The van der Waals surface area contributed by atoms with E-state index < -0.39 is 0 Å². The number of methoxy groups -OCH3 is 2. The van der Waals surface area contributed by atoms with Crippen LogP contribution in [0, 0.1) is 0 Å². The zero-order valence-corrected chi connectivity index (χ0v) is 25.3. The summed E-state index contributed by atoms with van der Waals surface area (Å²) in [5.41, 5.74) is 7.31. The molecule has 224 valence electrons. The van der Waals surface area contributed by atoms with Crippen molar-refractivity contribution in [2.45, 2.75) is 37.8 Å². The van der Waals surface area contributed by atoms with E-state index in [1.807, 2.05) is 30.3 Å². The lowest BCUT2D eigenvalue weighted by Crippen LogP contribution is -2.33. The minimum absolute atomic E-state index is 0.114. The molecule has 2 aliphatic heterocycles. The van der Waals surface area contributed by atoms with Crippen molar-refractivity contribution >= 4 is 0 Å². The van der Waals surface area contributed by atoms with Crippen molar-refractivity contribution in [3.8, 4) is 34.5 Å². The van der Waals surface area contributed by atoms with Gasteiger partial charge in [0.1, 0.15) is 11.5 Å². The second kappa shape index (κ2) is 12.2. The second-order valence-corrected chi connectivity index (χ2v) is 11.7. The molecule has 4 aromatic rings. The van der Waals surface area contributed by atoms with E-state index in [4.69, 9.17) is 14.2 Å². The number of benzene rings is 4. The molecule has 2 aliphatic rings. The summed E-state index contributed by atoms with van der Waals surface area (Å²) in [5, 5.41) is 20.5. The molecule has 0 radical (unpaired) electrons. The smallest absolute Gasteiger partial charge is 0.169 e. The highest BCUT2D eigenvalue weighted by atomic mass is 16.5. The number of ether oxygens (including phenoxy) is 3. The third kappa shape index (κ3) is 6.01. The first kappa shape index (κ1) is 28.9. The Bertz CT molecular complexity index is 1600. The van der Waals surface area contributed by atoms with E-state index in [2.05, 4.69) is 48.2 Å². The van der Waals surface area contributed by atoms with Gasteiger partial charge in [-0.15, -0.1) is 0 Å². The maximum absolute atomic E-state index is 10.8. The zero-order chi connectivity index (χ0) is 30.1. The summed E-state index contributed by atoms with van der Waals surface area (Å²) in [6.07, 6.45) is 3.53. The van der Waals surface area contributed by atoms with Gasteiger partial charge in [-0.05, 0) is 122 Å². The monoisotopic (exact) mass is 580 g/mol. The van der Waals surface area contributed by atoms with Gasteiger partial charge in [0.05, 0.1) is 14.2 Å². The van der Waals surface area contributed by atoms with E-state index in [1.54, 1.807) is 32.4 Å². The number of likely N-dealkylation sites (N-methyl/N-ethyl adjacent to an activating group) is 2. The van der Waals surface area contributed by atoms with Crippen LogP contribution in [0.4, 0.5) is 0 Å². The van der Waals surface area contributed by atoms with E-state index in [0.717, 1.165) is 55.8 Å². The van der Waals surface area contributed by atoms with Crippen LogP contribution in [0.15, 0.2) is 72.8 Å². The van der Waals surface area contributed by atoms with Crippen molar-refractivity contribution < 1.29 is 24.4 Å². The first-order valence-electron chi connectivity index (χ1n) is 14.9. The first-order chi connectivity index (χ1) is 20.8. The molecule has 4 aromatic carbocycles. The molecule has 2 atom stereocenters. The van der Waals surface area contributed by atoms with Gasteiger partial charge in [-0.25, -0.2) is 0 Å². The van der Waals surface area contributed by atoms with Crippen LogP contribution < -0.4 is 14.2 Å². The van der Waals surface area contributed by atoms with Gasteiger partial charge in [-0.1, -0.05) is 24.3 Å². The molecule has 0 amide bonds. The Labute approximate surface area is 253 Å². The van der Waals surface area contributed by atoms with Crippen LogP contribution in [0.5, 0.6) is 34.5 Å². The number of phenolic OH excluding ortho intramolecular Hbond substituents is 2. The molecule has 2 N–H and O–H groups in total. The second-order valence-electron chi connectivity index (χ2n) is 11.7. The van der Waals surface area contributed by atoms with Crippen LogP contribution in [0.1, 0.15) is 45.5 Å². The molecule has 0 saturated carbocycles. The third-order valence-corrected chi connectivity index (χ3v) is 9.06. The van der Waals surface area contributed by atoms with E-state index in [0.29, 0.717) is 11.5 Å². The number of fused-ring (bicyclic) bond motifs is 2. The van der Waals surface area contributed by atoms with Crippen LogP contribution in [-0.2, 0) is 25.7 Å². The summed E-state index contributed by atoms with van der Waals surface area (Å²) in [7, 11) is 7.65. The van der Waals surface area contributed by atoms with Gasteiger partial charge in [0.2, 0.25) is 0 Å². The number of rotatable bonds is 8. The highest BCUT2D eigenvalue weighted by Crippen LogP contribution is 2.41. The molecule has 2 heterocycles. The fourth-order valence-corrected chi connectivity index (χ4v) is 6.52. The van der Waals surface area contributed by atoms with Gasteiger partial charge in [0, 0.05) is 25.2 Å². The topological polar surface area (TPSA) is 74.6 Å². The van der Waals surface area contributed by atoms with Gasteiger partial charge in [0.25, 0.3) is 0 Å². The minimum Gasteiger partial charge on any atom is -0.508 e. The highest BCUT2D eigenvalue weighted by molar-refractivity contribution is 5.51. The van der Waals surface area contributed by atoms with Crippen molar-refractivity contribution in [2.75, 3.05) is 41.4 Å². The third-order valence-electron chi connectivity index (χ3n) is 9.06. The van der Waals surface area contributed by atoms with Crippen molar-refractivity contribution in [2.24, 2.45) is 0 Å². The fraction of sp³-hybridized carbons (Fsp3) is 0.333. The normalized spacial score (nSPS) is 18.5. The van der Waals surface area contributed by atoms with Crippen molar-refractivity contribution in [1.82, 2.24) is 9.80 Å². The van der Waals surface area contributed by atoms with Gasteiger partial charge in [-0.3, -0.25) is 9.80 Å². The SMILES string of the molecule is COc1cc2c(cc1OC)[C@@H](Cc1ccc(O)c(Oc3ccc4c(c3)[C@@H](Cc3ccc(O)cc3)N(C)CC4)c1)N(C)CC2. The molecular formula is C36H40N2O5. The van der Waals surface area contributed by atoms with E-state index >= 15 is 0 Å². The summed E-state index contributed by atoms with van der Waals surface area (Å²) >= 11 is 0. The summed E-state index contributed by atoms with van der Waals surface area (Å²) in [6.45, 7) is 1.93. The largest absolute Gasteiger partial charge is 0.508 e. The average molecular weight is 581 g/mol. The lowest BCUT2D eigenvalue weighted by molar-refractivity contribution is 0.227. The Kier molecular flexibility index (Phi) is 8.19. The van der Waals surface area contributed by atoms with E-state index in [9.17, 15) is 10.2 Å². The molecule has 0 unspecified atom stereocenters. The zero-order valence-electron chi connectivity index (χ0n) is 25.3. The van der Waals surface area contributed by atoms with Gasteiger partial charge in [-0.2, -0.15) is 0 Å². The van der Waals surface area contributed by atoms with Crippen LogP contribution in [-0.4, -0.2) is 61.4 Å². The molecule has 0 fully saturated rings. The van der Waals surface area contributed by atoms with Crippen LogP contribution in [0.25, 0.3) is 0 Å². The summed E-state index contributed by atoms with van der Waals surface area (Å²) in [5.74, 6) is 3.03. The van der Waals surface area contributed by atoms with Crippen molar-refractivity contribution in [3.63, 3.8) is 0 Å². The van der Waals surface area contributed by atoms with E-state index in [-0.39, 0.29) is 23.6 Å². The summed E-state index contributed by atoms with van der Waals surface area (Å²) < 4.78 is 17.5. The van der Waals surface area contributed by atoms with Crippen LogP contribution in [0.2, 0.25) is 0 Å². The Morgan fingerprint density at radius 2 is 1.26 bits per heavy atom. The van der Waals surface area contributed by atoms with E-state index in [1.165, 1.54) is 27.8 Å². The molecule has 0 bridgehead atoms. The lowest BCUT2D eigenvalue weighted by Gasteiger charge is -2.35. The Morgan fingerprint density at radius 1 is 0.651 bits per heavy atom. The molecule has 6 rings (SSSR count). The van der Waals surface area contributed by atoms with Gasteiger partial charge >= 0.3 is 0 Å². The maximum atomic E-state index is 10.8. The Morgan fingerprint density at radius 3 is 1.95 bits per heavy atom. The maximum Gasteiger partial charge on any atom is 0.169 e. The molecule has 7 nitrogen and oxygen atoms in total. The molecule has 0 spiro atoms. The number of hydrogen-bond donors (Lipinski definition) is 2. The molecule has 43 heavy (non-hydrogen) atoms. The summed E-state index contributed by atoms with van der Waals surface area (Å²) in [6, 6.07) is 23.9.